The monoisotopic (exact) mass is 279 g/mol. The molecule has 1 fully saturated rings. The van der Waals surface area contributed by atoms with Crippen molar-refractivity contribution in [1.29, 1.82) is 0 Å². The molecule has 0 aliphatic carbocycles. The van der Waals surface area contributed by atoms with Crippen LogP contribution in [-0.4, -0.2) is 33.0 Å². The van der Waals surface area contributed by atoms with E-state index < -0.39 is 0 Å². The molecule has 0 radical (unpaired) electrons. The molecule has 0 aromatic heterocycles. The Balaban J connectivity index is 1.97. The minimum absolute atomic E-state index is 0.196. The van der Waals surface area contributed by atoms with Crippen molar-refractivity contribution in [2.24, 2.45) is 11.7 Å². The molecule has 1 saturated heterocycles. The highest BCUT2D eigenvalue weighted by molar-refractivity contribution is 5.43. The molecule has 2 unspecified atom stereocenters. The highest BCUT2D eigenvalue weighted by Gasteiger charge is 2.17. The lowest BCUT2D eigenvalue weighted by Crippen LogP contribution is -2.21. The number of nitrogens with two attached hydrogens (primary N) is 1. The Morgan fingerprint density at radius 1 is 1.40 bits per heavy atom. The van der Waals surface area contributed by atoms with Gasteiger partial charge in [-0.2, -0.15) is 0 Å². The molecule has 4 nitrogen and oxygen atoms in total. The van der Waals surface area contributed by atoms with Crippen LogP contribution >= 0.6 is 0 Å². The third-order valence-electron chi connectivity index (χ3n) is 3.75. The molecule has 0 spiro atoms. The van der Waals surface area contributed by atoms with Crippen molar-refractivity contribution < 1.29 is 14.2 Å². The van der Waals surface area contributed by atoms with Gasteiger partial charge in [-0.3, -0.25) is 0 Å². The molecule has 1 aliphatic heterocycles. The van der Waals surface area contributed by atoms with Crippen LogP contribution in [0.15, 0.2) is 18.2 Å². The largest absolute Gasteiger partial charge is 0.493 e. The van der Waals surface area contributed by atoms with Crippen molar-refractivity contribution in [2.75, 3.05) is 26.9 Å². The van der Waals surface area contributed by atoms with Gasteiger partial charge in [0.2, 0.25) is 0 Å². The fourth-order valence-corrected chi connectivity index (χ4v) is 2.33. The Kier molecular flexibility index (Phi) is 5.68. The Bertz CT molecular complexity index is 416. The van der Waals surface area contributed by atoms with E-state index >= 15 is 0 Å². The number of hydrogen-bond acceptors (Lipinski definition) is 4. The molecule has 1 aromatic carbocycles. The Morgan fingerprint density at radius 2 is 2.25 bits per heavy atom. The first-order valence-electron chi connectivity index (χ1n) is 7.36. The van der Waals surface area contributed by atoms with Gasteiger partial charge in [-0.15, -0.1) is 0 Å². The van der Waals surface area contributed by atoms with E-state index in [9.17, 15) is 0 Å². The Morgan fingerprint density at radius 3 is 2.90 bits per heavy atom. The van der Waals surface area contributed by atoms with Crippen LogP contribution in [0.2, 0.25) is 0 Å². The van der Waals surface area contributed by atoms with E-state index in [1.165, 1.54) is 5.56 Å². The van der Waals surface area contributed by atoms with E-state index in [1.54, 1.807) is 7.11 Å². The zero-order valence-corrected chi connectivity index (χ0v) is 12.4. The lowest BCUT2D eigenvalue weighted by Gasteiger charge is -2.15. The summed E-state index contributed by atoms with van der Waals surface area (Å²) in [5.41, 5.74) is 7.18. The second kappa shape index (κ2) is 7.50. The van der Waals surface area contributed by atoms with E-state index in [1.807, 2.05) is 12.1 Å². The van der Waals surface area contributed by atoms with Crippen molar-refractivity contribution in [3.05, 3.63) is 23.8 Å². The first kappa shape index (κ1) is 15.1. The Labute approximate surface area is 121 Å². The summed E-state index contributed by atoms with van der Waals surface area (Å²) in [7, 11) is 1.67. The third-order valence-corrected chi connectivity index (χ3v) is 3.75. The summed E-state index contributed by atoms with van der Waals surface area (Å²) in [5, 5.41) is 0. The maximum Gasteiger partial charge on any atom is 0.161 e. The highest BCUT2D eigenvalue weighted by atomic mass is 16.5. The smallest absolute Gasteiger partial charge is 0.161 e. The van der Waals surface area contributed by atoms with Gasteiger partial charge in [0.25, 0.3) is 0 Å². The van der Waals surface area contributed by atoms with Gasteiger partial charge in [0.1, 0.15) is 0 Å². The second-order valence-corrected chi connectivity index (χ2v) is 5.40. The van der Waals surface area contributed by atoms with Gasteiger partial charge in [0.15, 0.2) is 11.5 Å². The topological polar surface area (TPSA) is 53.7 Å². The van der Waals surface area contributed by atoms with Crippen molar-refractivity contribution in [3.63, 3.8) is 0 Å². The molecule has 1 aromatic rings. The molecule has 1 heterocycles. The number of hydrogen-bond donors (Lipinski definition) is 1. The molecule has 0 saturated carbocycles. The van der Waals surface area contributed by atoms with Crippen LogP contribution in [0.5, 0.6) is 11.5 Å². The highest BCUT2D eigenvalue weighted by Crippen LogP contribution is 2.29. The van der Waals surface area contributed by atoms with E-state index in [0.717, 1.165) is 44.0 Å². The maximum absolute atomic E-state index is 5.99. The minimum Gasteiger partial charge on any atom is -0.493 e. The second-order valence-electron chi connectivity index (χ2n) is 5.40. The summed E-state index contributed by atoms with van der Waals surface area (Å²) in [6.07, 6.45) is 2.91. The molecular weight excluding hydrogens is 254 g/mol. The van der Waals surface area contributed by atoms with Crippen molar-refractivity contribution in [2.45, 2.75) is 32.2 Å². The molecule has 2 atom stereocenters. The molecule has 20 heavy (non-hydrogen) atoms. The minimum atomic E-state index is 0.196. The van der Waals surface area contributed by atoms with Gasteiger partial charge in [-0.1, -0.05) is 13.0 Å². The molecule has 2 rings (SSSR count). The maximum atomic E-state index is 5.99. The van der Waals surface area contributed by atoms with Crippen LogP contribution < -0.4 is 15.2 Å². The van der Waals surface area contributed by atoms with Gasteiger partial charge < -0.3 is 19.9 Å². The zero-order valence-electron chi connectivity index (χ0n) is 12.4. The summed E-state index contributed by atoms with van der Waals surface area (Å²) in [6.45, 7) is 4.43. The standard InChI is InChI=1S/C16H25NO3/c1-3-14(17)8-12-4-5-15(16(9-12)18-2)20-11-13-6-7-19-10-13/h4-5,9,13-14H,3,6-8,10-11,17H2,1-2H3. The zero-order chi connectivity index (χ0) is 14.4. The molecule has 2 N–H and O–H groups in total. The van der Waals surface area contributed by atoms with Crippen LogP contribution in [0, 0.1) is 5.92 Å². The normalized spacial score (nSPS) is 19.9. The van der Waals surface area contributed by atoms with Crippen LogP contribution in [0.3, 0.4) is 0 Å². The molecule has 0 amide bonds. The van der Waals surface area contributed by atoms with Crippen molar-refractivity contribution in [1.82, 2.24) is 0 Å². The van der Waals surface area contributed by atoms with Gasteiger partial charge in [-0.05, 0) is 37.0 Å². The molecule has 4 heteroatoms. The molecule has 112 valence electrons. The summed E-state index contributed by atoms with van der Waals surface area (Å²) < 4.78 is 16.6. The molecule has 0 bridgehead atoms. The SMILES string of the molecule is CCC(N)Cc1ccc(OCC2CCOC2)c(OC)c1. The van der Waals surface area contributed by atoms with Crippen molar-refractivity contribution >= 4 is 0 Å². The van der Waals surface area contributed by atoms with Crippen molar-refractivity contribution in [3.8, 4) is 11.5 Å². The van der Waals surface area contributed by atoms with E-state index in [-0.39, 0.29) is 6.04 Å². The predicted octanol–water partition coefficient (Wildman–Crippen LogP) is 2.39. The number of methoxy groups -OCH3 is 1. The predicted molar refractivity (Wildman–Crippen MR) is 79.4 cm³/mol. The van der Waals surface area contributed by atoms with Gasteiger partial charge >= 0.3 is 0 Å². The average molecular weight is 279 g/mol. The van der Waals surface area contributed by atoms with Gasteiger partial charge in [-0.25, -0.2) is 0 Å². The quantitative estimate of drug-likeness (QED) is 0.832. The number of benzene rings is 1. The first-order valence-corrected chi connectivity index (χ1v) is 7.36. The summed E-state index contributed by atoms with van der Waals surface area (Å²) in [4.78, 5) is 0. The van der Waals surface area contributed by atoms with Crippen LogP contribution in [0.1, 0.15) is 25.3 Å². The van der Waals surface area contributed by atoms with Gasteiger partial charge in [0, 0.05) is 18.6 Å². The van der Waals surface area contributed by atoms with Crippen LogP contribution in [-0.2, 0) is 11.2 Å². The lowest BCUT2D eigenvalue weighted by molar-refractivity contribution is 0.165. The third kappa shape index (κ3) is 4.12. The van der Waals surface area contributed by atoms with E-state index in [2.05, 4.69) is 13.0 Å². The number of rotatable bonds is 7. The van der Waals surface area contributed by atoms with Gasteiger partial charge in [0.05, 0.1) is 20.3 Å². The molecule has 1 aliphatic rings. The van der Waals surface area contributed by atoms with E-state index in [4.69, 9.17) is 19.9 Å². The van der Waals surface area contributed by atoms with E-state index in [0.29, 0.717) is 12.5 Å². The fourth-order valence-electron chi connectivity index (χ4n) is 2.33. The fraction of sp³-hybridized carbons (Fsp3) is 0.625. The Hall–Kier alpha value is -1.26. The summed E-state index contributed by atoms with van der Waals surface area (Å²) >= 11 is 0. The number of ether oxygens (including phenoxy) is 3. The van der Waals surface area contributed by atoms with Crippen LogP contribution in [0.25, 0.3) is 0 Å². The molecular formula is C16H25NO3. The summed E-state index contributed by atoms with van der Waals surface area (Å²) in [6, 6.07) is 6.27. The average Bonchev–Trinajstić information content (AvgIpc) is 2.98. The lowest BCUT2D eigenvalue weighted by atomic mass is 10.0. The van der Waals surface area contributed by atoms with Crippen LogP contribution in [0.4, 0.5) is 0 Å². The summed E-state index contributed by atoms with van der Waals surface area (Å²) in [5.74, 6) is 2.07. The first-order chi connectivity index (χ1) is 9.72.